The van der Waals surface area contributed by atoms with Gasteiger partial charge < -0.3 is 0 Å². The van der Waals surface area contributed by atoms with Gasteiger partial charge in [-0.3, -0.25) is 16.3 Å². The first-order valence-electron chi connectivity index (χ1n) is 6.56. The summed E-state index contributed by atoms with van der Waals surface area (Å²) < 4.78 is 0. The molecule has 0 saturated heterocycles. The van der Waals surface area contributed by atoms with Crippen molar-refractivity contribution in [2.24, 2.45) is 5.84 Å². The van der Waals surface area contributed by atoms with Crippen LogP contribution in [0.25, 0.3) is 0 Å². The lowest BCUT2D eigenvalue weighted by atomic mass is 9.91. The van der Waals surface area contributed by atoms with E-state index in [2.05, 4.69) is 16.5 Å². The Bertz CT molecular complexity index is 630. The smallest absolute Gasteiger partial charge is 0.0640 e. The minimum atomic E-state index is -0.0858. The molecule has 5 heteroatoms. The Morgan fingerprint density at radius 1 is 1.25 bits per heavy atom. The highest BCUT2D eigenvalue weighted by molar-refractivity contribution is 6.42. The van der Waals surface area contributed by atoms with Gasteiger partial charge in [0, 0.05) is 17.8 Å². The number of aryl methyl sites for hydroxylation is 1. The third kappa shape index (κ3) is 2.31. The van der Waals surface area contributed by atoms with Gasteiger partial charge in [0.25, 0.3) is 0 Å². The number of hydrogen-bond donors (Lipinski definition) is 2. The quantitative estimate of drug-likeness (QED) is 0.672. The van der Waals surface area contributed by atoms with E-state index in [-0.39, 0.29) is 12.0 Å². The van der Waals surface area contributed by atoms with Crippen LogP contribution in [0.3, 0.4) is 0 Å². The molecule has 0 amide bonds. The molecule has 0 saturated carbocycles. The number of fused-ring (bicyclic) bond motifs is 1. The van der Waals surface area contributed by atoms with E-state index >= 15 is 0 Å². The molecule has 3 N–H and O–H groups in total. The van der Waals surface area contributed by atoms with Gasteiger partial charge in [0.1, 0.15) is 0 Å². The van der Waals surface area contributed by atoms with Crippen molar-refractivity contribution in [2.75, 3.05) is 0 Å². The molecular weight excluding hydrogens is 293 g/mol. The zero-order valence-corrected chi connectivity index (χ0v) is 12.3. The molecular formula is C15H15Cl2N3. The average Bonchev–Trinajstić information content (AvgIpc) is 2.88. The van der Waals surface area contributed by atoms with Crippen LogP contribution in [0.1, 0.15) is 35.2 Å². The first-order valence-corrected chi connectivity index (χ1v) is 7.31. The van der Waals surface area contributed by atoms with E-state index in [0.717, 1.165) is 24.1 Å². The minimum absolute atomic E-state index is 0.0858. The second-order valence-electron chi connectivity index (χ2n) is 4.98. The van der Waals surface area contributed by atoms with Crippen molar-refractivity contribution in [1.29, 1.82) is 0 Å². The summed E-state index contributed by atoms with van der Waals surface area (Å²) in [4.78, 5) is 4.52. The largest absolute Gasteiger partial charge is 0.271 e. The molecule has 104 valence electrons. The van der Waals surface area contributed by atoms with Crippen molar-refractivity contribution in [3.05, 3.63) is 63.4 Å². The number of hydrazine groups is 1. The summed E-state index contributed by atoms with van der Waals surface area (Å²) in [7, 11) is 0. The molecule has 2 atom stereocenters. The van der Waals surface area contributed by atoms with E-state index in [1.807, 2.05) is 24.4 Å². The van der Waals surface area contributed by atoms with Crippen LogP contribution >= 0.6 is 23.2 Å². The standard InChI is InChI=1S/C15H15Cl2N3/c16-12-5-1-4-10(13(12)17)15(20-18)11-7-6-9-3-2-8-19-14(9)11/h1-5,8,11,15,20H,6-7,18H2. The van der Waals surface area contributed by atoms with Crippen LogP contribution in [0, 0.1) is 0 Å². The molecule has 0 bridgehead atoms. The van der Waals surface area contributed by atoms with Gasteiger partial charge in [0.2, 0.25) is 0 Å². The zero-order valence-electron chi connectivity index (χ0n) is 10.8. The van der Waals surface area contributed by atoms with E-state index in [0.29, 0.717) is 10.0 Å². The summed E-state index contributed by atoms with van der Waals surface area (Å²) >= 11 is 12.4. The highest BCUT2D eigenvalue weighted by Gasteiger charge is 2.32. The lowest BCUT2D eigenvalue weighted by Gasteiger charge is -2.24. The second-order valence-corrected chi connectivity index (χ2v) is 5.77. The van der Waals surface area contributed by atoms with Crippen LogP contribution in [-0.4, -0.2) is 4.98 Å². The van der Waals surface area contributed by atoms with Gasteiger partial charge in [-0.1, -0.05) is 41.4 Å². The van der Waals surface area contributed by atoms with Gasteiger partial charge in [-0.2, -0.15) is 0 Å². The van der Waals surface area contributed by atoms with E-state index in [1.54, 1.807) is 6.07 Å². The maximum absolute atomic E-state index is 6.32. The summed E-state index contributed by atoms with van der Waals surface area (Å²) in [5, 5.41) is 1.10. The number of nitrogens with zero attached hydrogens (tertiary/aromatic N) is 1. The molecule has 1 aromatic carbocycles. The van der Waals surface area contributed by atoms with Crippen molar-refractivity contribution in [2.45, 2.75) is 24.8 Å². The topological polar surface area (TPSA) is 50.9 Å². The lowest BCUT2D eigenvalue weighted by Crippen LogP contribution is -2.32. The van der Waals surface area contributed by atoms with Crippen molar-refractivity contribution >= 4 is 23.2 Å². The molecule has 1 aliphatic rings. The predicted molar refractivity (Wildman–Crippen MR) is 81.8 cm³/mol. The molecule has 1 aliphatic carbocycles. The van der Waals surface area contributed by atoms with Crippen LogP contribution in [0.4, 0.5) is 0 Å². The van der Waals surface area contributed by atoms with Gasteiger partial charge in [0.05, 0.1) is 16.1 Å². The maximum Gasteiger partial charge on any atom is 0.0640 e. The molecule has 20 heavy (non-hydrogen) atoms. The Kier molecular flexibility index (Phi) is 3.94. The van der Waals surface area contributed by atoms with Crippen molar-refractivity contribution < 1.29 is 0 Å². The third-order valence-corrected chi connectivity index (χ3v) is 4.73. The fourth-order valence-electron chi connectivity index (χ4n) is 2.95. The van der Waals surface area contributed by atoms with Gasteiger partial charge >= 0.3 is 0 Å². The Morgan fingerprint density at radius 3 is 2.90 bits per heavy atom. The van der Waals surface area contributed by atoms with Gasteiger partial charge in [0.15, 0.2) is 0 Å². The van der Waals surface area contributed by atoms with E-state index in [9.17, 15) is 0 Å². The number of rotatable bonds is 3. The maximum atomic E-state index is 6.32. The van der Waals surface area contributed by atoms with Crippen LogP contribution in [-0.2, 0) is 6.42 Å². The number of benzene rings is 1. The Labute approximate surface area is 128 Å². The molecule has 2 unspecified atom stereocenters. The summed E-state index contributed by atoms with van der Waals surface area (Å²) in [5.74, 6) is 6.00. The molecule has 0 fully saturated rings. The van der Waals surface area contributed by atoms with E-state index < -0.39 is 0 Å². The molecule has 0 spiro atoms. The Balaban J connectivity index is 2.02. The number of pyridine rings is 1. The highest BCUT2D eigenvalue weighted by Crippen LogP contribution is 2.42. The molecule has 3 nitrogen and oxygen atoms in total. The van der Waals surface area contributed by atoms with Crippen molar-refractivity contribution in [1.82, 2.24) is 10.4 Å². The third-order valence-electron chi connectivity index (χ3n) is 3.90. The van der Waals surface area contributed by atoms with E-state index in [1.165, 1.54) is 5.56 Å². The zero-order chi connectivity index (χ0) is 14.1. The predicted octanol–water partition coefficient (Wildman–Crippen LogP) is 3.62. The van der Waals surface area contributed by atoms with Crippen molar-refractivity contribution in [3.63, 3.8) is 0 Å². The van der Waals surface area contributed by atoms with Crippen LogP contribution in [0.5, 0.6) is 0 Å². The Hall–Kier alpha value is -1.13. The number of aromatic nitrogens is 1. The lowest BCUT2D eigenvalue weighted by molar-refractivity contribution is 0.447. The number of halogens is 2. The van der Waals surface area contributed by atoms with Crippen molar-refractivity contribution in [3.8, 4) is 0 Å². The van der Waals surface area contributed by atoms with Crippen LogP contribution in [0.15, 0.2) is 36.5 Å². The van der Waals surface area contributed by atoms with Gasteiger partial charge in [-0.25, -0.2) is 0 Å². The van der Waals surface area contributed by atoms with E-state index in [4.69, 9.17) is 29.0 Å². The SMILES string of the molecule is NNC(c1cccc(Cl)c1Cl)C1CCc2cccnc21. The minimum Gasteiger partial charge on any atom is -0.271 e. The molecule has 0 aliphatic heterocycles. The molecule has 2 aromatic rings. The molecule has 0 radical (unpaired) electrons. The normalized spacial score (nSPS) is 18.9. The summed E-state index contributed by atoms with van der Waals surface area (Å²) in [6, 6.07) is 9.63. The molecule has 1 aromatic heterocycles. The van der Waals surface area contributed by atoms with Gasteiger partial charge in [-0.05, 0) is 36.1 Å². The Morgan fingerprint density at radius 2 is 2.10 bits per heavy atom. The monoisotopic (exact) mass is 307 g/mol. The second kappa shape index (κ2) is 5.70. The fraction of sp³-hybridized carbons (Fsp3) is 0.267. The highest BCUT2D eigenvalue weighted by atomic mass is 35.5. The summed E-state index contributed by atoms with van der Waals surface area (Å²) in [6.07, 6.45) is 3.85. The van der Waals surface area contributed by atoms with Crippen LogP contribution in [0.2, 0.25) is 10.0 Å². The van der Waals surface area contributed by atoms with Crippen LogP contribution < -0.4 is 11.3 Å². The first kappa shape index (κ1) is 13.8. The first-order chi connectivity index (χ1) is 9.72. The molecule has 1 heterocycles. The fourth-order valence-corrected chi connectivity index (χ4v) is 3.38. The van der Waals surface area contributed by atoms with Gasteiger partial charge in [-0.15, -0.1) is 0 Å². The molecule has 3 rings (SSSR count). The average molecular weight is 308 g/mol. The number of hydrogen-bond acceptors (Lipinski definition) is 3. The summed E-state index contributed by atoms with van der Waals surface area (Å²) in [5.41, 5.74) is 6.20. The summed E-state index contributed by atoms with van der Waals surface area (Å²) in [6.45, 7) is 0. The number of nitrogens with two attached hydrogens (primary N) is 1. The number of nitrogens with one attached hydrogen (secondary N) is 1.